The van der Waals surface area contributed by atoms with Gasteiger partial charge in [-0.3, -0.25) is 24.0 Å². The lowest BCUT2D eigenvalue weighted by atomic mass is 10.0. The largest absolute Gasteiger partial charge is 0.461 e. The van der Waals surface area contributed by atoms with Gasteiger partial charge in [0.25, 0.3) is 0 Å². The molecule has 1 heterocycles. The van der Waals surface area contributed by atoms with Crippen LogP contribution in [0.2, 0.25) is 0 Å². The van der Waals surface area contributed by atoms with Crippen molar-refractivity contribution in [2.75, 3.05) is 20.1 Å². The predicted molar refractivity (Wildman–Crippen MR) is 199 cm³/mol. The van der Waals surface area contributed by atoms with E-state index in [1.165, 1.54) is 7.05 Å². The number of hydrogen-bond donors (Lipinski definition) is 5. The molecular formula is C39H54N6O9. The standard InChI is InChI=1S/C39H54N6O9/c1-25(2)20-31(38(51)54-24-28-16-10-7-11-17-28)43-36(49)30(22-33(47)53-23-27-14-8-6-9-15-27)41-35(48)29(21-32(46)45-18-12-13-19-45)42-37(50)34(26(3)4)44-39(52)40-5/h6-11,14-17,25-26,29-31,34H,12-13,18-24H2,1-5H3,(H,41,48)(H,42,50)(H,43,49)(H2,40,44,52)/t29-,30-,31-,34-/m0/s1. The maximum Gasteiger partial charge on any atom is 0.328 e. The second-order valence-corrected chi connectivity index (χ2v) is 14.0. The maximum atomic E-state index is 14.0. The fraction of sp³-hybridized carbons (Fsp3) is 0.513. The van der Waals surface area contributed by atoms with Crippen molar-refractivity contribution < 1.29 is 43.0 Å². The molecule has 0 spiro atoms. The average Bonchev–Trinajstić information content (AvgIpc) is 3.70. The molecular weight excluding hydrogens is 696 g/mol. The van der Waals surface area contributed by atoms with E-state index in [4.69, 9.17) is 9.47 Å². The molecule has 294 valence electrons. The molecule has 0 radical (unpaired) electrons. The molecule has 15 heteroatoms. The molecule has 6 amide bonds. The molecule has 0 aromatic heterocycles. The first kappa shape index (κ1) is 42.9. The number of carbonyl (C=O) groups excluding carboxylic acids is 7. The second-order valence-electron chi connectivity index (χ2n) is 14.0. The van der Waals surface area contributed by atoms with Crippen LogP contribution >= 0.6 is 0 Å². The molecule has 0 saturated carbocycles. The van der Waals surface area contributed by atoms with Crippen LogP contribution in [-0.4, -0.2) is 90.8 Å². The quantitative estimate of drug-likeness (QED) is 0.134. The minimum Gasteiger partial charge on any atom is -0.461 e. The Bertz CT molecular complexity index is 1560. The third-order valence-corrected chi connectivity index (χ3v) is 8.71. The van der Waals surface area contributed by atoms with Gasteiger partial charge in [0.15, 0.2) is 0 Å². The number of urea groups is 1. The summed E-state index contributed by atoms with van der Waals surface area (Å²) in [5.74, 6) is -4.92. The molecule has 0 aliphatic carbocycles. The Hall–Kier alpha value is -5.47. The van der Waals surface area contributed by atoms with Gasteiger partial charge in [-0.1, -0.05) is 88.4 Å². The minimum absolute atomic E-state index is 0.0331. The minimum atomic E-state index is -1.58. The second kappa shape index (κ2) is 21.9. The van der Waals surface area contributed by atoms with Crippen molar-refractivity contribution in [3.05, 3.63) is 71.8 Å². The van der Waals surface area contributed by atoms with E-state index in [0.717, 1.165) is 18.4 Å². The van der Waals surface area contributed by atoms with Crippen molar-refractivity contribution in [1.29, 1.82) is 0 Å². The fourth-order valence-electron chi connectivity index (χ4n) is 5.72. The van der Waals surface area contributed by atoms with Gasteiger partial charge in [-0.2, -0.15) is 0 Å². The summed E-state index contributed by atoms with van der Waals surface area (Å²) >= 11 is 0. The van der Waals surface area contributed by atoms with Gasteiger partial charge in [0.05, 0.1) is 12.8 Å². The normalized spacial score (nSPS) is 14.6. The van der Waals surface area contributed by atoms with Gasteiger partial charge in [0.1, 0.15) is 37.4 Å². The van der Waals surface area contributed by atoms with Gasteiger partial charge < -0.3 is 41.0 Å². The molecule has 0 bridgehead atoms. The number of esters is 2. The summed E-state index contributed by atoms with van der Waals surface area (Å²) < 4.78 is 10.9. The van der Waals surface area contributed by atoms with Crippen LogP contribution in [0.15, 0.2) is 60.7 Å². The van der Waals surface area contributed by atoms with Crippen LogP contribution in [0.25, 0.3) is 0 Å². The Kier molecular flexibility index (Phi) is 17.4. The van der Waals surface area contributed by atoms with E-state index in [2.05, 4.69) is 26.6 Å². The molecule has 3 rings (SSSR count). The number of amides is 6. The first-order valence-corrected chi connectivity index (χ1v) is 18.3. The number of carbonyl (C=O) groups is 7. The van der Waals surface area contributed by atoms with Crippen LogP contribution < -0.4 is 26.6 Å². The summed E-state index contributed by atoms with van der Waals surface area (Å²) in [6, 6.07) is 12.0. The lowest BCUT2D eigenvalue weighted by Crippen LogP contribution is -2.60. The van der Waals surface area contributed by atoms with E-state index >= 15 is 0 Å². The summed E-state index contributed by atoms with van der Waals surface area (Å²) in [6.45, 7) is 7.97. The number of rotatable bonds is 19. The summed E-state index contributed by atoms with van der Waals surface area (Å²) in [5.41, 5.74) is 1.44. The highest BCUT2D eigenvalue weighted by Gasteiger charge is 2.35. The Morgan fingerprint density at radius 2 is 1.15 bits per heavy atom. The molecule has 1 aliphatic rings. The van der Waals surface area contributed by atoms with Crippen molar-refractivity contribution in [2.24, 2.45) is 11.8 Å². The third-order valence-electron chi connectivity index (χ3n) is 8.71. The number of nitrogens with one attached hydrogen (secondary N) is 5. The maximum absolute atomic E-state index is 14.0. The summed E-state index contributed by atoms with van der Waals surface area (Å²) in [5, 5.41) is 12.7. The van der Waals surface area contributed by atoms with Gasteiger partial charge in [-0.15, -0.1) is 0 Å². The Morgan fingerprint density at radius 1 is 0.648 bits per heavy atom. The Labute approximate surface area is 316 Å². The van der Waals surface area contributed by atoms with Crippen molar-refractivity contribution >= 4 is 41.6 Å². The van der Waals surface area contributed by atoms with Crippen molar-refractivity contribution in [2.45, 2.75) is 97.2 Å². The lowest BCUT2D eigenvalue weighted by molar-refractivity contribution is -0.150. The zero-order valence-corrected chi connectivity index (χ0v) is 31.7. The van der Waals surface area contributed by atoms with E-state index < -0.39 is 84.5 Å². The van der Waals surface area contributed by atoms with Crippen molar-refractivity contribution in [3.8, 4) is 0 Å². The van der Waals surface area contributed by atoms with Crippen LogP contribution in [0.5, 0.6) is 0 Å². The summed E-state index contributed by atoms with van der Waals surface area (Å²) in [6.07, 6.45) is 0.691. The van der Waals surface area contributed by atoms with Gasteiger partial charge >= 0.3 is 18.0 Å². The molecule has 1 fully saturated rings. The molecule has 15 nitrogen and oxygen atoms in total. The van der Waals surface area contributed by atoms with Gasteiger partial charge in [-0.25, -0.2) is 9.59 Å². The van der Waals surface area contributed by atoms with E-state index in [9.17, 15) is 33.6 Å². The monoisotopic (exact) mass is 750 g/mol. The molecule has 1 saturated heterocycles. The van der Waals surface area contributed by atoms with Crippen LogP contribution in [0.3, 0.4) is 0 Å². The van der Waals surface area contributed by atoms with E-state index in [1.54, 1.807) is 73.3 Å². The van der Waals surface area contributed by atoms with Crippen LogP contribution in [0.1, 0.15) is 70.9 Å². The molecule has 1 aliphatic heterocycles. The summed E-state index contributed by atoms with van der Waals surface area (Å²) in [4.78, 5) is 94.8. The molecule has 54 heavy (non-hydrogen) atoms. The number of likely N-dealkylation sites (tertiary alicyclic amines) is 1. The zero-order chi connectivity index (χ0) is 39.6. The molecule has 5 N–H and O–H groups in total. The third kappa shape index (κ3) is 14.5. The van der Waals surface area contributed by atoms with Crippen LogP contribution in [0.4, 0.5) is 4.79 Å². The SMILES string of the molecule is CNC(=O)N[C@H](C(=O)N[C@@H](CC(=O)N1CCCC1)C(=O)N[C@@H](CC(=O)OCc1ccccc1)C(=O)N[C@@H](CC(C)C)C(=O)OCc1ccccc1)C(C)C. The average molecular weight is 751 g/mol. The van der Waals surface area contributed by atoms with E-state index in [1.807, 2.05) is 19.9 Å². The van der Waals surface area contributed by atoms with Crippen molar-refractivity contribution in [1.82, 2.24) is 31.5 Å². The molecule has 0 unspecified atom stereocenters. The molecule has 2 aromatic rings. The van der Waals surface area contributed by atoms with Gasteiger partial charge in [0.2, 0.25) is 23.6 Å². The van der Waals surface area contributed by atoms with E-state index in [0.29, 0.717) is 18.7 Å². The molecule has 2 aromatic carbocycles. The number of ether oxygens (including phenoxy) is 2. The van der Waals surface area contributed by atoms with Crippen LogP contribution in [-0.2, 0) is 51.5 Å². The first-order valence-electron chi connectivity index (χ1n) is 18.3. The fourth-order valence-corrected chi connectivity index (χ4v) is 5.72. The van der Waals surface area contributed by atoms with Crippen molar-refractivity contribution in [3.63, 3.8) is 0 Å². The smallest absolute Gasteiger partial charge is 0.328 e. The van der Waals surface area contributed by atoms with Gasteiger partial charge in [0, 0.05) is 20.1 Å². The first-order chi connectivity index (χ1) is 25.8. The molecule has 4 atom stereocenters. The van der Waals surface area contributed by atoms with Gasteiger partial charge in [-0.05, 0) is 42.2 Å². The number of nitrogens with zero attached hydrogens (tertiary/aromatic N) is 1. The topological polar surface area (TPSA) is 201 Å². The van der Waals surface area contributed by atoms with E-state index in [-0.39, 0.29) is 25.6 Å². The zero-order valence-electron chi connectivity index (χ0n) is 31.7. The predicted octanol–water partition coefficient (Wildman–Crippen LogP) is 2.33. The summed E-state index contributed by atoms with van der Waals surface area (Å²) in [7, 11) is 1.39. The Morgan fingerprint density at radius 3 is 1.67 bits per heavy atom. The highest BCUT2D eigenvalue weighted by Crippen LogP contribution is 2.14. The number of benzene rings is 2. The van der Waals surface area contributed by atoms with Crippen LogP contribution in [0, 0.1) is 11.8 Å². The highest BCUT2D eigenvalue weighted by atomic mass is 16.5. The lowest BCUT2D eigenvalue weighted by Gasteiger charge is -2.28. The highest BCUT2D eigenvalue weighted by molar-refractivity contribution is 5.98. The Balaban J connectivity index is 1.87. The number of hydrogen-bond acceptors (Lipinski definition) is 9.